The first-order valence-electron chi connectivity index (χ1n) is 6.09. The van der Waals surface area contributed by atoms with Crippen molar-refractivity contribution in [2.75, 3.05) is 26.3 Å². The van der Waals surface area contributed by atoms with Gasteiger partial charge in [-0.15, -0.1) is 0 Å². The van der Waals surface area contributed by atoms with Crippen LogP contribution in [0.1, 0.15) is 19.3 Å². The summed E-state index contributed by atoms with van der Waals surface area (Å²) in [4.78, 5) is 11.6. The lowest BCUT2D eigenvalue weighted by Gasteiger charge is -2.24. The monoisotopic (exact) mass is 224 g/mol. The first-order chi connectivity index (χ1) is 7.84. The van der Waals surface area contributed by atoms with Gasteiger partial charge in [-0.3, -0.25) is 4.79 Å². The SMILES string of the molecule is O=C(CC1C=CCC1)NCC1COCCN1. The zero-order valence-electron chi connectivity index (χ0n) is 9.58. The number of morpholine rings is 1. The number of allylic oxidation sites excluding steroid dienone is 2. The van der Waals surface area contributed by atoms with Crippen molar-refractivity contribution in [2.45, 2.75) is 25.3 Å². The van der Waals surface area contributed by atoms with E-state index in [9.17, 15) is 4.79 Å². The molecule has 2 atom stereocenters. The molecule has 0 aromatic rings. The van der Waals surface area contributed by atoms with E-state index in [4.69, 9.17) is 4.74 Å². The Kier molecular flexibility index (Phi) is 4.36. The third kappa shape index (κ3) is 3.61. The van der Waals surface area contributed by atoms with E-state index in [2.05, 4.69) is 22.8 Å². The van der Waals surface area contributed by atoms with Gasteiger partial charge < -0.3 is 15.4 Å². The van der Waals surface area contributed by atoms with Crippen LogP contribution in [0.5, 0.6) is 0 Å². The Balaban J connectivity index is 1.61. The average Bonchev–Trinajstić information content (AvgIpc) is 2.81. The van der Waals surface area contributed by atoms with Crippen LogP contribution < -0.4 is 10.6 Å². The molecule has 16 heavy (non-hydrogen) atoms. The maximum atomic E-state index is 11.6. The summed E-state index contributed by atoms with van der Waals surface area (Å²) < 4.78 is 5.32. The van der Waals surface area contributed by atoms with Gasteiger partial charge in [0, 0.05) is 25.6 Å². The van der Waals surface area contributed by atoms with E-state index in [0.29, 0.717) is 25.5 Å². The molecular formula is C12H20N2O2. The Hall–Kier alpha value is -0.870. The highest BCUT2D eigenvalue weighted by Crippen LogP contribution is 2.19. The minimum atomic E-state index is 0.156. The molecule has 4 nitrogen and oxygen atoms in total. The summed E-state index contributed by atoms with van der Waals surface area (Å²) in [6.45, 7) is 3.03. The molecule has 1 fully saturated rings. The van der Waals surface area contributed by atoms with Gasteiger partial charge in [0.1, 0.15) is 0 Å². The second-order valence-electron chi connectivity index (χ2n) is 4.50. The topological polar surface area (TPSA) is 50.4 Å². The average molecular weight is 224 g/mol. The van der Waals surface area contributed by atoms with Crippen LogP contribution in [0.15, 0.2) is 12.2 Å². The standard InChI is InChI=1S/C12H20N2O2/c15-12(7-10-3-1-2-4-10)14-8-11-9-16-6-5-13-11/h1,3,10-11,13H,2,4-9H2,(H,14,15). The van der Waals surface area contributed by atoms with Crippen LogP contribution >= 0.6 is 0 Å². The molecule has 2 unspecified atom stereocenters. The highest BCUT2D eigenvalue weighted by Gasteiger charge is 2.16. The fraction of sp³-hybridized carbons (Fsp3) is 0.750. The molecule has 0 bridgehead atoms. The normalized spacial score (nSPS) is 29.2. The maximum absolute atomic E-state index is 11.6. The molecular weight excluding hydrogens is 204 g/mol. The molecule has 0 aromatic carbocycles. The van der Waals surface area contributed by atoms with Crippen molar-refractivity contribution in [3.8, 4) is 0 Å². The summed E-state index contributed by atoms with van der Waals surface area (Å²) in [7, 11) is 0. The second-order valence-corrected chi connectivity index (χ2v) is 4.50. The molecule has 2 rings (SSSR count). The lowest BCUT2D eigenvalue weighted by molar-refractivity contribution is -0.121. The van der Waals surface area contributed by atoms with Crippen molar-refractivity contribution in [1.29, 1.82) is 0 Å². The summed E-state index contributed by atoms with van der Waals surface area (Å²) in [5.74, 6) is 0.611. The van der Waals surface area contributed by atoms with E-state index in [1.54, 1.807) is 0 Å². The van der Waals surface area contributed by atoms with Gasteiger partial charge in [-0.05, 0) is 18.8 Å². The Labute approximate surface area is 96.4 Å². The Morgan fingerprint density at radius 3 is 3.19 bits per heavy atom. The third-order valence-electron chi connectivity index (χ3n) is 3.10. The predicted octanol–water partition coefficient (Wildman–Crippen LogP) is 0.447. The van der Waals surface area contributed by atoms with Gasteiger partial charge in [-0.25, -0.2) is 0 Å². The van der Waals surface area contributed by atoms with Crippen LogP contribution in [0, 0.1) is 5.92 Å². The predicted molar refractivity (Wildman–Crippen MR) is 62.1 cm³/mol. The Morgan fingerprint density at radius 1 is 1.56 bits per heavy atom. The summed E-state index contributed by atoms with van der Waals surface area (Å²) in [6.07, 6.45) is 7.19. The second kappa shape index (κ2) is 6.01. The Bertz CT molecular complexity index is 260. The van der Waals surface area contributed by atoms with Crippen molar-refractivity contribution >= 4 is 5.91 Å². The number of carbonyl (C=O) groups excluding carboxylic acids is 1. The molecule has 1 aliphatic heterocycles. The smallest absolute Gasteiger partial charge is 0.220 e. The van der Waals surface area contributed by atoms with Gasteiger partial charge in [-0.2, -0.15) is 0 Å². The van der Waals surface area contributed by atoms with Gasteiger partial charge in [0.05, 0.1) is 13.2 Å². The number of ether oxygens (including phenoxy) is 1. The van der Waals surface area contributed by atoms with Crippen molar-refractivity contribution in [2.24, 2.45) is 5.92 Å². The molecule has 0 aromatic heterocycles. The summed E-state index contributed by atoms with van der Waals surface area (Å²) in [6, 6.07) is 0.275. The number of nitrogens with one attached hydrogen (secondary N) is 2. The minimum absolute atomic E-state index is 0.156. The molecule has 1 aliphatic carbocycles. The zero-order chi connectivity index (χ0) is 11.2. The highest BCUT2D eigenvalue weighted by molar-refractivity contribution is 5.76. The molecule has 1 amide bonds. The van der Waals surface area contributed by atoms with E-state index >= 15 is 0 Å². The van der Waals surface area contributed by atoms with Crippen molar-refractivity contribution < 1.29 is 9.53 Å². The molecule has 0 spiro atoms. The minimum Gasteiger partial charge on any atom is -0.378 e. The largest absolute Gasteiger partial charge is 0.378 e. The van der Waals surface area contributed by atoms with E-state index < -0.39 is 0 Å². The first kappa shape index (κ1) is 11.6. The zero-order valence-corrected chi connectivity index (χ0v) is 9.58. The Morgan fingerprint density at radius 2 is 2.50 bits per heavy atom. The molecule has 2 aliphatic rings. The van der Waals surface area contributed by atoms with Crippen molar-refractivity contribution in [3.05, 3.63) is 12.2 Å². The fourth-order valence-corrected chi connectivity index (χ4v) is 2.16. The van der Waals surface area contributed by atoms with Crippen LogP contribution in [0.25, 0.3) is 0 Å². The molecule has 2 N–H and O–H groups in total. The highest BCUT2D eigenvalue weighted by atomic mass is 16.5. The van der Waals surface area contributed by atoms with Crippen LogP contribution in [-0.4, -0.2) is 38.3 Å². The van der Waals surface area contributed by atoms with Gasteiger partial charge in [0.15, 0.2) is 0 Å². The van der Waals surface area contributed by atoms with Crippen molar-refractivity contribution in [3.63, 3.8) is 0 Å². The van der Waals surface area contributed by atoms with Gasteiger partial charge in [-0.1, -0.05) is 12.2 Å². The maximum Gasteiger partial charge on any atom is 0.220 e. The summed E-state index contributed by atoms with van der Waals surface area (Å²) in [5.41, 5.74) is 0. The number of carbonyl (C=O) groups is 1. The van der Waals surface area contributed by atoms with Gasteiger partial charge in [0.25, 0.3) is 0 Å². The fourth-order valence-electron chi connectivity index (χ4n) is 2.16. The van der Waals surface area contributed by atoms with E-state index in [-0.39, 0.29) is 11.9 Å². The van der Waals surface area contributed by atoms with Gasteiger partial charge >= 0.3 is 0 Å². The molecule has 0 radical (unpaired) electrons. The number of hydrogen-bond acceptors (Lipinski definition) is 3. The van der Waals surface area contributed by atoms with E-state index in [1.807, 2.05) is 0 Å². The van der Waals surface area contributed by atoms with E-state index in [1.165, 1.54) is 0 Å². The molecule has 1 heterocycles. The molecule has 0 saturated carbocycles. The van der Waals surface area contributed by atoms with Crippen LogP contribution in [0.4, 0.5) is 0 Å². The lowest BCUT2D eigenvalue weighted by atomic mass is 10.1. The van der Waals surface area contributed by atoms with Crippen LogP contribution in [0.2, 0.25) is 0 Å². The van der Waals surface area contributed by atoms with E-state index in [0.717, 1.165) is 26.0 Å². The van der Waals surface area contributed by atoms with Crippen LogP contribution in [0.3, 0.4) is 0 Å². The number of hydrogen-bond donors (Lipinski definition) is 2. The summed E-state index contributed by atoms with van der Waals surface area (Å²) in [5, 5.41) is 6.28. The lowest BCUT2D eigenvalue weighted by Crippen LogP contribution is -2.48. The van der Waals surface area contributed by atoms with Crippen LogP contribution in [-0.2, 0) is 9.53 Å². The number of amides is 1. The first-order valence-corrected chi connectivity index (χ1v) is 6.09. The third-order valence-corrected chi connectivity index (χ3v) is 3.10. The molecule has 90 valence electrons. The van der Waals surface area contributed by atoms with Gasteiger partial charge in [0.2, 0.25) is 5.91 Å². The van der Waals surface area contributed by atoms with Crippen molar-refractivity contribution in [1.82, 2.24) is 10.6 Å². The molecule has 4 heteroatoms. The summed E-state index contributed by atoms with van der Waals surface area (Å²) >= 11 is 0. The number of rotatable bonds is 4. The molecule has 1 saturated heterocycles. The quantitative estimate of drug-likeness (QED) is 0.682.